The topological polar surface area (TPSA) is 54.5 Å². The monoisotopic (exact) mass is 541 g/mol. The van der Waals surface area contributed by atoms with Crippen LogP contribution in [0.5, 0.6) is 0 Å². The number of nitrogens with zero attached hydrogens (tertiary/aromatic N) is 1. The van der Waals surface area contributed by atoms with E-state index in [9.17, 15) is 18.8 Å². The van der Waals surface area contributed by atoms with E-state index in [1.807, 2.05) is 32.0 Å². The number of imide groups is 1. The van der Waals surface area contributed by atoms with Crippen molar-refractivity contribution in [1.29, 1.82) is 0 Å². The molecule has 1 aliphatic rings. The smallest absolute Gasteiger partial charge is 0.260 e. The number of rotatable bonds is 6. The number of halogens is 1. The number of hydrogen-bond donors (Lipinski definition) is 0. The Bertz CT molecular complexity index is 934. The number of carbonyl (C=O) groups excluding carboxylic acids is 3. The Kier molecular flexibility index (Phi) is 19.5. The molecular formula is C34H52FNO3. The quantitative estimate of drug-likeness (QED) is 0.366. The molecule has 39 heavy (non-hydrogen) atoms. The number of amides is 2. The molecule has 218 valence electrons. The summed E-state index contributed by atoms with van der Waals surface area (Å²) in [6, 6.07) is 13.7. The van der Waals surface area contributed by atoms with Gasteiger partial charge in [0.05, 0.1) is 0 Å². The van der Waals surface area contributed by atoms with Crippen LogP contribution in [0, 0.1) is 31.5 Å². The SMILES string of the molecule is CC(=O)C1CCC(CN(C(C)=O)C(=O)c2ccccc2C)CC1.CCCC.CCCC.Cc1ccc(F)cc1. The predicted molar refractivity (Wildman–Crippen MR) is 161 cm³/mol. The van der Waals surface area contributed by atoms with Gasteiger partial charge in [0.15, 0.2) is 0 Å². The number of Topliss-reactive ketones (excluding diaryl/α,β-unsaturated/α-hetero) is 1. The molecule has 0 radical (unpaired) electrons. The minimum atomic E-state index is -0.218. The zero-order chi connectivity index (χ0) is 29.8. The Labute approximate surface area is 237 Å². The summed E-state index contributed by atoms with van der Waals surface area (Å²) in [5.41, 5.74) is 2.55. The Morgan fingerprint density at radius 3 is 1.64 bits per heavy atom. The first-order valence-corrected chi connectivity index (χ1v) is 14.6. The minimum Gasteiger partial charge on any atom is -0.300 e. The fraction of sp³-hybridized carbons (Fsp3) is 0.559. The molecule has 1 fully saturated rings. The van der Waals surface area contributed by atoms with E-state index in [1.165, 1.54) is 49.6 Å². The standard InChI is InChI=1S/C19H25NO3.C7H7F.2C4H10/c1-13-6-4-5-7-18(13)19(23)20(15(3)22)12-16-8-10-17(11-9-16)14(2)21;1-6-2-4-7(8)5-3-6;2*1-3-4-2/h4-7,16-17H,8-12H2,1-3H3;2-5H,1H3;2*3-4H2,1-2H3. The molecule has 0 N–H and O–H groups in total. The van der Waals surface area contributed by atoms with E-state index in [0.717, 1.165) is 36.8 Å². The highest BCUT2D eigenvalue weighted by molar-refractivity contribution is 6.04. The first-order valence-electron chi connectivity index (χ1n) is 14.6. The summed E-state index contributed by atoms with van der Waals surface area (Å²) < 4.78 is 12.1. The molecule has 5 heteroatoms. The number of unbranched alkanes of at least 4 members (excludes halogenated alkanes) is 2. The van der Waals surface area contributed by atoms with Crippen molar-refractivity contribution in [3.05, 3.63) is 71.0 Å². The average Bonchev–Trinajstić information content (AvgIpc) is 2.94. The van der Waals surface area contributed by atoms with Gasteiger partial charge in [-0.2, -0.15) is 0 Å². The van der Waals surface area contributed by atoms with Gasteiger partial charge in [0.2, 0.25) is 5.91 Å². The first kappa shape index (κ1) is 36.2. The summed E-state index contributed by atoms with van der Waals surface area (Å²) in [6.07, 6.45) is 8.80. The molecule has 1 saturated carbocycles. The van der Waals surface area contributed by atoms with Crippen LogP contribution in [0.25, 0.3) is 0 Å². The predicted octanol–water partition coefficient (Wildman–Crippen LogP) is 9.13. The average molecular weight is 542 g/mol. The molecule has 1 aliphatic carbocycles. The van der Waals surface area contributed by atoms with E-state index in [0.29, 0.717) is 18.0 Å². The van der Waals surface area contributed by atoms with Crippen molar-refractivity contribution in [2.75, 3.05) is 6.54 Å². The van der Waals surface area contributed by atoms with Gasteiger partial charge in [-0.15, -0.1) is 0 Å². The molecule has 0 aromatic heterocycles. The van der Waals surface area contributed by atoms with Crippen molar-refractivity contribution in [3.63, 3.8) is 0 Å². The fourth-order valence-corrected chi connectivity index (χ4v) is 3.86. The first-order chi connectivity index (χ1) is 18.5. The zero-order valence-electron chi connectivity index (χ0n) is 25.7. The van der Waals surface area contributed by atoms with Crippen LogP contribution in [0.4, 0.5) is 4.39 Å². The number of hydrogen-bond acceptors (Lipinski definition) is 3. The van der Waals surface area contributed by atoms with E-state index < -0.39 is 0 Å². The van der Waals surface area contributed by atoms with E-state index in [1.54, 1.807) is 25.1 Å². The highest BCUT2D eigenvalue weighted by atomic mass is 19.1. The molecule has 0 aliphatic heterocycles. The van der Waals surface area contributed by atoms with Gasteiger partial charge < -0.3 is 0 Å². The molecule has 0 bridgehead atoms. The van der Waals surface area contributed by atoms with Crippen molar-refractivity contribution < 1.29 is 18.8 Å². The third-order valence-corrected chi connectivity index (χ3v) is 6.87. The van der Waals surface area contributed by atoms with Crippen molar-refractivity contribution in [1.82, 2.24) is 4.90 Å². The third-order valence-electron chi connectivity index (χ3n) is 6.87. The van der Waals surface area contributed by atoms with Gasteiger partial charge in [0, 0.05) is 24.9 Å². The molecule has 0 heterocycles. The number of carbonyl (C=O) groups is 3. The zero-order valence-corrected chi connectivity index (χ0v) is 25.7. The van der Waals surface area contributed by atoms with E-state index in [2.05, 4.69) is 27.7 Å². The Morgan fingerprint density at radius 1 is 0.769 bits per heavy atom. The van der Waals surface area contributed by atoms with E-state index in [4.69, 9.17) is 0 Å². The molecule has 0 unspecified atom stereocenters. The Hall–Kier alpha value is -2.82. The van der Waals surface area contributed by atoms with Gasteiger partial charge >= 0.3 is 0 Å². The van der Waals surface area contributed by atoms with E-state index >= 15 is 0 Å². The van der Waals surface area contributed by atoms with Crippen LogP contribution < -0.4 is 0 Å². The summed E-state index contributed by atoms with van der Waals surface area (Å²) >= 11 is 0. The van der Waals surface area contributed by atoms with Crippen LogP contribution in [0.2, 0.25) is 0 Å². The maximum Gasteiger partial charge on any atom is 0.260 e. The summed E-state index contributed by atoms with van der Waals surface area (Å²) in [5, 5.41) is 0. The molecule has 3 rings (SSSR count). The molecule has 0 saturated heterocycles. The molecule has 2 aromatic rings. The van der Waals surface area contributed by atoms with Gasteiger partial charge in [-0.3, -0.25) is 19.3 Å². The van der Waals surface area contributed by atoms with E-state index in [-0.39, 0.29) is 29.3 Å². The maximum absolute atomic E-state index is 12.7. The molecule has 2 aromatic carbocycles. The van der Waals surface area contributed by atoms with Crippen LogP contribution in [-0.2, 0) is 9.59 Å². The van der Waals surface area contributed by atoms with Crippen LogP contribution in [0.3, 0.4) is 0 Å². The van der Waals surface area contributed by atoms with Gasteiger partial charge in [0.1, 0.15) is 11.6 Å². The van der Waals surface area contributed by atoms with Crippen LogP contribution in [0.15, 0.2) is 48.5 Å². The van der Waals surface area contributed by atoms with Crippen molar-refractivity contribution >= 4 is 17.6 Å². The molecule has 4 nitrogen and oxygen atoms in total. The summed E-state index contributed by atoms with van der Waals surface area (Å²) in [5.74, 6) is 0.0984. The lowest BCUT2D eigenvalue weighted by atomic mass is 9.80. The highest BCUT2D eigenvalue weighted by Crippen LogP contribution is 2.30. The Morgan fingerprint density at radius 2 is 1.26 bits per heavy atom. The molecule has 2 amide bonds. The van der Waals surface area contributed by atoms with Gasteiger partial charge in [0.25, 0.3) is 5.91 Å². The van der Waals surface area contributed by atoms with Crippen LogP contribution in [0.1, 0.15) is 114 Å². The third kappa shape index (κ3) is 15.4. The second-order valence-electron chi connectivity index (χ2n) is 10.4. The normalized spacial score (nSPS) is 15.7. The van der Waals surface area contributed by atoms with Crippen molar-refractivity contribution in [2.24, 2.45) is 11.8 Å². The van der Waals surface area contributed by atoms with Crippen molar-refractivity contribution in [3.8, 4) is 0 Å². The lowest BCUT2D eigenvalue weighted by molar-refractivity contribution is -0.127. The summed E-state index contributed by atoms with van der Waals surface area (Å²) in [4.78, 5) is 37.5. The highest BCUT2D eigenvalue weighted by Gasteiger charge is 2.29. The second kappa shape index (κ2) is 21.1. The lowest BCUT2D eigenvalue weighted by Gasteiger charge is -2.31. The molecule has 0 atom stereocenters. The summed E-state index contributed by atoms with van der Waals surface area (Å²) in [7, 11) is 0. The van der Waals surface area contributed by atoms with Gasteiger partial charge in [-0.25, -0.2) is 4.39 Å². The minimum absolute atomic E-state index is 0.157. The molecule has 0 spiro atoms. The second-order valence-corrected chi connectivity index (χ2v) is 10.4. The number of ketones is 1. The summed E-state index contributed by atoms with van der Waals surface area (Å²) in [6.45, 7) is 16.1. The molecular weight excluding hydrogens is 489 g/mol. The van der Waals surface area contributed by atoms with Gasteiger partial charge in [-0.05, 0) is 76.1 Å². The van der Waals surface area contributed by atoms with Gasteiger partial charge in [-0.1, -0.05) is 89.3 Å². The van der Waals surface area contributed by atoms with Crippen LogP contribution in [-0.4, -0.2) is 29.0 Å². The maximum atomic E-state index is 12.7. The van der Waals surface area contributed by atoms with Crippen LogP contribution >= 0.6 is 0 Å². The lowest BCUT2D eigenvalue weighted by Crippen LogP contribution is -2.40. The van der Waals surface area contributed by atoms with Crippen molar-refractivity contribution in [2.45, 2.75) is 107 Å². The largest absolute Gasteiger partial charge is 0.300 e. The number of benzene rings is 2. The Balaban J connectivity index is 0.000000733. The number of aryl methyl sites for hydroxylation is 2. The fourth-order valence-electron chi connectivity index (χ4n) is 3.86.